The summed E-state index contributed by atoms with van der Waals surface area (Å²) in [5.74, 6) is -0.0972. The van der Waals surface area contributed by atoms with E-state index in [0.29, 0.717) is 11.3 Å². The van der Waals surface area contributed by atoms with Gasteiger partial charge < -0.3 is 0 Å². The number of pyridine rings is 5. The minimum Gasteiger partial charge on any atom is -0.238 e. The first-order valence-electron chi connectivity index (χ1n) is 39.6. The first-order chi connectivity index (χ1) is 54.6. The number of aryl methyl sites for hydroxylation is 15. The summed E-state index contributed by atoms with van der Waals surface area (Å²) in [6.07, 6.45) is 10.6. The van der Waals surface area contributed by atoms with Gasteiger partial charge in [0.2, 0.25) is 28.5 Å². The van der Waals surface area contributed by atoms with Gasteiger partial charge >= 0.3 is 0 Å². The van der Waals surface area contributed by atoms with Crippen LogP contribution in [0.5, 0.6) is 0 Å². The SMILES string of the molecule is Cc1cc(C)c(C)c(-c2c3ccc(C)cc3cc[n+]2C)c1.Cc1ccc2c(-c3cc(C)c(F)c(C)c3C)[n+](C)ccc2c1.Cc1ccc2c(-c3cc4c(cc3C)-c3ccccc3C4(C)C)[n+](C)ccc2c1.Cc1ccc2c(-c3cc4ccccc4cc3C)[n+](C)ccc2c1.[C-]#[N+]c1ccc2c(-c3ccccc3C)[n+](C)ccc2c1. The lowest BCUT2D eigenvalue weighted by atomic mass is 9.81. The number of halogens is 1. The zero-order valence-electron chi connectivity index (χ0n) is 70.0. The Labute approximate surface area is 673 Å². The minimum absolute atomic E-state index is 0.0219. The molecule has 18 rings (SSSR count). The standard InChI is InChI=1S/C27H26N.C22H20N.C20H21FN.C20H22N.C18H15N2/c1-17-10-11-20-19(14-17)12-13-28(5)26(20)22-16-25-23(15-18(22)2)21-8-6-7-9-24(21)27(25,3)4;1-15-8-9-20-19(12-15)10-11-23(3)22(20)21-14-18-7-5-4-6-17(18)13-16(21)2;1-12-6-7-17-16(10-12)8-9-22(5)20(17)18-11-13(2)19(21)15(4)14(18)3;1-13-6-7-18-17(11-13)8-9-21(5)20(18)19-12-14(2)10-15(3)16(19)4;1-13-6-4-5-7-16(13)18-17-9-8-15(19-2)12-14(17)10-11-20(18)3/h6-16H,1-5H3;4-14H,1-3H3;6-11H,1-5H3;6-12H,1-5H3;4-12H,1,3H3/q5*+1. The van der Waals surface area contributed by atoms with Crippen LogP contribution in [0.2, 0.25) is 0 Å². The van der Waals surface area contributed by atoms with E-state index in [9.17, 15) is 4.39 Å². The summed E-state index contributed by atoms with van der Waals surface area (Å²) in [4.78, 5) is 3.51. The van der Waals surface area contributed by atoms with Crippen LogP contribution in [0.25, 0.3) is 137 Å². The van der Waals surface area contributed by atoms with Crippen LogP contribution < -0.4 is 22.8 Å². The molecule has 0 saturated carbocycles. The van der Waals surface area contributed by atoms with E-state index in [2.05, 4.69) is 382 Å². The zero-order valence-corrected chi connectivity index (χ0v) is 70.0. The average molecular weight is 1490 g/mol. The van der Waals surface area contributed by atoms with E-state index in [0.717, 1.165) is 27.8 Å². The van der Waals surface area contributed by atoms with E-state index in [4.69, 9.17) is 6.57 Å². The van der Waals surface area contributed by atoms with E-state index in [1.165, 1.54) is 182 Å². The Morgan fingerprint density at radius 3 is 1.11 bits per heavy atom. The molecule has 0 fully saturated rings. The van der Waals surface area contributed by atoms with Crippen LogP contribution in [0.4, 0.5) is 10.1 Å². The van der Waals surface area contributed by atoms with Crippen molar-refractivity contribution in [1.82, 2.24) is 0 Å². The van der Waals surface area contributed by atoms with Crippen LogP contribution in [0.3, 0.4) is 0 Å². The minimum atomic E-state index is -0.0972. The molecule has 0 aliphatic heterocycles. The summed E-state index contributed by atoms with van der Waals surface area (Å²) < 4.78 is 25.1. The predicted octanol–water partition coefficient (Wildman–Crippen LogP) is 24.8. The van der Waals surface area contributed by atoms with Gasteiger partial charge in [-0.3, -0.25) is 0 Å². The van der Waals surface area contributed by atoms with Crippen LogP contribution in [0.1, 0.15) is 97.3 Å². The van der Waals surface area contributed by atoms with Crippen LogP contribution in [0, 0.1) is 102 Å². The third-order valence-electron chi connectivity index (χ3n) is 23.7. The van der Waals surface area contributed by atoms with Gasteiger partial charge in [0.1, 0.15) is 41.1 Å². The first-order valence-corrected chi connectivity index (χ1v) is 39.6. The highest BCUT2D eigenvalue weighted by atomic mass is 19.1. The second-order valence-corrected chi connectivity index (χ2v) is 32.4. The molecule has 0 atom stereocenters. The van der Waals surface area contributed by atoms with Gasteiger partial charge in [-0.15, -0.1) is 0 Å². The normalized spacial score (nSPS) is 11.8. The molecule has 17 aromatic rings. The van der Waals surface area contributed by atoms with Crippen molar-refractivity contribution in [2.24, 2.45) is 35.2 Å². The molecule has 12 aromatic carbocycles. The topological polar surface area (TPSA) is 23.8 Å². The van der Waals surface area contributed by atoms with Gasteiger partial charge in [-0.05, 0) is 255 Å². The Morgan fingerprint density at radius 2 is 0.640 bits per heavy atom. The van der Waals surface area contributed by atoms with Gasteiger partial charge in [0.25, 0.3) is 0 Å². The number of aromatic nitrogens is 5. The molecule has 1 aliphatic carbocycles. The van der Waals surface area contributed by atoms with Crippen molar-refractivity contribution in [3.63, 3.8) is 0 Å². The van der Waals surface area contributed by atoms with Crippen molar-refractivity contribution in [2.45, 2.75) is 109 Å². The molecule has 1 aliphatic rings. The number of benzene rings is 12. The van der Waals surface area contributed by atoms with E-state index in [1.54, 1.807) is 0 Å². The summed E-state index contributed by atoms with van der Waals surface area (Å²) >= 11 is 0. The van der Waals surface area contributed by atoms with E-state index < -0.39 is 0 Å². The fourth-order valence-corrected chi connectivity index (χ4v) is 17.2. The van der Waals surface area contributed by atoms with E-state index in [-0.39, 0.29) is 11.2 Å². The van der Waals surface area contributed by atoms with Crippen molar-refractivity contribution in [1.29, 1.82) is 0 Å². The molecule has 7 heteroatoms. The largest absolute Gasteiger partial charge is 0.238 e. The summed E-state index contributed by atoms with van der Waals surface area (Å²) in [7, 11) is 10.5. The molecule has 5 heterocycles. The smallest absolute Gasteiger partial charge is 0.220 e. The monoisotopic (exact) mass is 1490 g/mol. The third-order valence-corrected chi connectivity index (χ3v) is 23.7. The van der Waals surface area contributed by atoms with Crippen LogP contribution in [0.15, 0.2) is 268 Å². The van der Waals surface area contributed by atoms with Crippen molar-refractivity contribution in [2.75, 3.05) is 0 Å². The molecular formula is C107H104FN6+5. The highest BCUT2D eigenvalue weighted by Gasteiger charge is 2.37. The summed E-state index contributed by atoms with van der Waals surface area (Å²) in [6, 6.07) is 85.1. The second kappa shape index (κ2) is 31.9. The van der Waals surface area contributed by atoms with Crippen molar-refractivity contribution < 1.29 is 27.2 Å². The highest BCUT2D eigenvalue weighted by molar-refractivity contribution is 6.00. The van der Waals surface area contributed by atoms with Gasteiger partial charge in [0.05, 0.1) is 55.8 Å². The molecule has 0 unspecified atom stereocenters. The molecule has 6 nitrogen and oxygen atoms in total. The summed E-state index contributed by atoms with van der Waals surface area (Å²) in [5.41, 5.74) is 34.4. The van der Waals surface area contributed by atoms with Crippen molar-refractivity contribution >= 4 is 70.3 Å². The van der Waals surface area contributed by atoms with Crippen LogP contribution >= 0.6 is 0 Å². The van der Waals surface area contributed by atoms with Gasteiger partial charge in [-0.1, -0.05) is 187 Å². The van der Waals surface area contributed by atoms with Gasteiger partial charge in [0, 0.05) is 41.3 Å². The predicted molar refractivity (Wildman–Crippen MR) is 476 cm³/mol. The van der Waals surface area contributed by atoms with E-state index in [1.807, 2.05) is 52.1 Å². The Bertz CT molecular complexity index is 6770. The average Bonchev–Trinajstić information content (AvgIpc) is 1.56. The van der Waals surface area contributed by atoms with E-state index >= 15 is 0 Å². The maximum atomic E-state index is 14.1. The molecule has 0 N–H and O–H groups in total. The van der Waals surface area contributed by atoms with Gasteiger partial charge in [-0.2, -0.15) is 0 Å². The molecular weight excluding hydrogens is 1390 g/mol. The molecule has 0 radical (unpaired) electrons. The zero-order chi connectivity index (χ0) is 80.9. The summed E-state index contributed by atoms with van der Waals surface area (Å²) in [6.45, 7) is 39.2. The lowest BCUT2D eigenvalue weighted by Crippen LogP contribution is -2.31. The maximum absolute atomic E-state index is 14.1. The lowest BCUT2D eigenvalue weighted by molar-refractivity contribution is -0.659. The molecule has 564 valence electrons. The Morgan fingerprint density at radius 1 is 0.263 bits per heavy atom. The number of hydrogen-bond acceptors (Lipinski definition) is 0. The molecule has 114 heavy (non-hydrogen) atoms. The van der Waals surface area contributed by atoms with Crippen molar-refractivity contribution in [3.05, 3.63) is 368 Å². The van der Waals surface area contributed by atoms with Crippen molar-refractivity contribution in [3.8, 4) is 67.4 Å². The first kappa shape index (κ1) is 78.1. The second-order valence-electron chi connectivity index (χ2n) is 32.4. The van der Waals surface area contributed by atoms with Crippen LogP contribution in [-0.4, -0.2) is 0 Å². The van der Waals surface area contributed by atoms with Gasteiger partial charge in [-0.25, -0.2) is 32.1 Å². The quantitative estimate of drug-likeness (QED) is 0.121. The molecule has 0 spiro atoms. The van der Waals surface area contributed by atoms with Gasteiger partial charge in [0.15, 0.2) is 36.7 Å². The third kappa shape index (κ3) is 15.1. The molecule has 5 aromatic heterocycles. The number of rotatable bonds is 5. The Kier molecular flexibility index (Phi) is 21.8. The summed E-state index contributed by atoms with van der Waals surface area (Å²) in [5, 5.41) is 15.1. The van der Waals surface area contributed by atoms with Crippen LogP contribution in [-0.2, 0) is 40.7 Å². The number of nitrogens with zero attached hydrogens (tertiary/aromatic N) is 6. The lowest BCUT2D eigenvalue weighted by Gasteiger charge is -2.22. The fourth-order valence-electron chi connectivity index (χ4n) is 17.2. The highest BCUT2D eigenvalue weighted by Crippen LogP contribution is 2.51. The fraction of sp³-hybridized carbons (Fsp3) is 0.196. The molecule has 0 saturated heterocycles. The molecule has 0 amide bonds. The number of hydrogen-bond donors (Lipinski definition) is 0. The molecule has 0 bridgehead atoms. The Hall–Kier alpha value is -12.6. The maximum Gasteiger partial charge on any atom is 0.220 e. The number of fused-ring (bicyclic) bond motifs is 9. The Balaban J connectivity index is 0.000000119.